The van der Waals surface area contributed by atoms with Gasteiger partial charge in [0, 0.05) is 28.8 Å². The third-order valence-corrected chi connectivity index (χ3v) is 4.64. The second-order valence-corrected chi connectivity index (χ2v) is 6.08. The van der Waals surface area contributed by atoms with Crippen LogP contribution in [-0.4, -0.2) is 10.8 Å². The Bertz CT molecular complexity index is 702. The minimum absolute atomic E-state index is 0.0193. The molecule has 0 bridgehead atoms. The van der Waals surface area contributed by atoms with Gasteiger partial charge in [-0.25, -0.2) is 0 Å². The number of hydrogen-bond acceptors (Lipinski definition) is 2. The molecule has 1 aliphatic heterocycles. The summed E-state index contributed by atoms with van der Waals surface area (Å²) in [6, 6.07) is 11.0. The van der Waals surface area contributed by atoms with Crippen LogP contribution in [0.2, 0.25) is 5.02 Å². The summed E-state index contributed by atoms with van der Waals surface area (Å²) in [5, 5.41) is 0.539. The average Bonchev–Trinajstić information content (AvgIpc) is 2.84. The second kappa shape index (κ2) is 5.11. The molecule has 0 radical (unpaired) electrons. The molecule has 2 aromatic carbocycles. The highest BCUT2D eigenvalue weighted by molar-refractivity contribution is 9.10. The molecule has 0 aromatic heterocycles. The quantitative estimate of drug-likeness (QED) is 0.793. The number of anilines is 1. The molecule has 1 amide bonds. The van der Waals surface area contributed by atoms with E-state index in [2.05, 4.69) is 15.9 Å². The highest BCUT2D eigenvalue weighted by atomic mass is 79.9. The van der Waals surface area contributed by atoms with Crippen LogP contribution in [0.15, 0.2) is 40.9 Å². The molecule has 5 heteroatoms. The lowest BCUT2D eigenvalue weighted by Crippen LogP contribution is -2.25. The molecule has 2 N–H and O–H groups in total. The van der Waals surface area contributed by atoms with Crippen LogP contribution in [0.5, 0.6) is 0 Å². The van der Waals surface area contributed by atoms with Gasteiger partial charge in [0.15, 0.2) is 0 Å². The zero-order chi connectivity index (χ0) is 14.3. The van der Waals surface area contributed by atoms with Crippen molar-refractivity contribution >= 4 is 39.1 Å². The molecule has 2 aromatic rings. The third-order valence-electron chi connectivity index (χ3n) is 3.41. The zero-order valence-corrected chi connectivity index (χ0v) is 12.9. The van der Waals surface area contributed by atoms with Crippen molar-refractivity contribution < 1.29 is 4.79 Å². The molecule has 1 heterocycles. The molecular formula is C15H12BrClN2O. The van der Waals surface area contributed by atoms with Crippen LogP contribution >= 0.6 is 27.5 Å². The summed E-state index contributed by atoms with van der Waals surface area (Å²) < 4.78 is 0.785. The molecule has 0 saturated carbocycles. The smallest absolute Gasteiger partial charge is 0.254 e. The summed E-state index contributed by atoms with van der Waals surface area (Å²) >= 11 is 9.36. The Hall–Kier alpha value is -1.52. The number of nitrogens with zero attached hydrogens (tertiary/aromatic N) is 1. The number of fused-ring (bicyclic) bond motifs is 1. The summed E-state index contributed by atoms with van der Waals surface area (Å²) in [5.74, 6) is -0.0193. The van der Waals surface area contributed by atoms with Crippen molar-refractivity contribution in [3.8, 4) is 0 Å². The predicted molar refractivity (Wildman–Crippen MR) is 83.6 cm³/mol. The number of nitrogen functional groups attached to an aromatic ring is 1. The van der Waals surface area contributed by atoms with Crippen molar-refractivity contribution in [3.05, 3.63) is 62.6 Å². The molecule has 0 saturated heterocycles. The van der Waals surface area contributed by atoms with Gasteiger partial charge in [-0.1, -0.05) is 17.7 Å². The first kappa shape index (κ1) is 13.5. The van der Waals surface area contributed by atoms with E-state index in [-0.39, 0.29) is 5.91 Å². The number of carbonyl (C=O) groups excluding carboxylic acids is 1. The Labute approximate surface area is 130 Å². The minimum Gasteiger partial charge on any atom is -0.399 e. The van der Waals surface area contributed by atoms with E-state index in [1.807, 2.05) is 18.2 Å². The van der Waals surface area contributed by atoms with Crippen LogP contribution < -0.4 is 5.73 Å². The molecular weight excluding hydrogens is 340 g/mol. The number of nitrogens with two attached hydrogens (primary N) is 1. The van der Waals surface area contributed by atoms with Crippen molar-refractivity contribution in [2.24, 2.45) is 0 Å². The third kappa shape index (κ3) is 2.41. The standard InChI is InChI=1S/C15H12BrClN2O/c16-13-4-2-9(6-14(13)17)15(20)19-7-10-1-3-12(18)5-11(10)8-19/h1-6H,7-8,18H2. The normalized spacial score (nSPS) is 13.4. The molecule has 102 valence electrons. The molecule has 3 nitrogen and oxygen atoms in total. The van der Waals surface area contributed by atoms with Crippen molar-refractivity contribution in [3.63, 3.8) is 0 Å². The van der Waals surface area contributed by atoms with Crippen LogP contribution in [0.1, 0.15) is 21.5 Å². The van der Waals surface area contributed by atoms with Gasteiger partial charge in [0.25, 0.3) is 5.91 Å². The fourth-order valence-electron chi connectivity index (χ4n) is 2.37. The van der Waals surface area contributed by atoms with E-state index in [1.54, 1.807) is 23.1 Å². The van der Waals surface area contributed by atoms with Gasteiger partial charge in [-0.05, 0) is 57.4 Å². The predicted octanol–water partition coefficient (Wildman–Crippen LogP) is 3.84. The van der Waals surface area contributed by atoms with Crippen LogP contribution in [0, 0.1) is 0 Å². The maximum Gasteiger partial charge on any atom is 0.254 e. The maximum absolute atomic E-state index is 12.5. The maximum atomic E-state index is 12.5. The van der Waals surface area contributed by atoms with Crippen molar-refractivity contribution in [1.82, 2.24) is 4.90 Å². The summed E-state index contributed by atoms with van der Waals surface area (Å²) in [7, 11) is 0. The van der Waals surface area contributed by atoms with Gasteiger partial charge in [-0.2, -0.15) is 0 Å². The lowest BCUT2D eigenvalue weighted by Gasteiger charge is -2.15. The Morgan fingerprint density at radius 1 is 1.15 bits per heavy atom. The van der Waals surface area contributed by atoms with Crippen molar-refractivity contribution in [1.29, 1.82) is 0 Å². The average molecular weight is 352 g/mol. The highest BCUT2D eigenvalue weighted by Gasteiger charge is 2.24. The van der Waals surface area contributed by atoms with E-state index in [0.717, 1.165) is 21.3 Å². The molecule has 0 unspecified atom stereocenters. The number of benzene rings is 2. The summed E-state index contributed by atoms with van der Waals surface area (Å²) in [4.78, 5) is 14.3. The lowest BCUT2D eigenvalue weighted by molar-refractivity contribution is 0.0751. The Morgan fingerprint density at radius 3 is 2.65 bits per heavy atom. The Balaban J connectivity index is 1.85. The van der Waals surface area contributed by atoms with Crippen LogP contribution in [-0.2, 0) is 13.1 Å². The van der Waals surface area contributed by atoms with E-state index in [0.29, 0.717) is 23.7 Å². The molecule has 0 atom stereocenters. The minimum atomic E-state index is -0.0193. The first-order chi connectivity index (χ1) is 9.54. The van der Waals surface area contributed by atoms with Gasteiger partial charge in [0.1, 0.15) is 0 Å². The molecule has 0 aliphatic carbocycles. The number of amides is 1. The van der Waals surface area contributed by atoms with Gasteiger partial charge < -0.3 is 10.6 Å². The SMILES string of the molecule is Nc1ccc2c(c1)CN(C(=O)c1ccc(Br)c(Cl)c1)C2. The van der Waals surface area contributed by atoms with Gasteiger partial charge >= 0.3 is 0 Å². The van der Waals surface area contributed by atoms with E-state index < -0.39 is 0 Å². The molecule has 3 rings (SSSR count). The van der Waals surface area contributed by atoms with E-state index in [1.165, 1.54) is 0 Å². The Kier molecular flexibility index (Phi) is 3.44. The van der Waals surface area contributed by atoms with E-state index in [4.69, 9.17) is 17.3 Å². The number of halogens is 2. The van der Waals surface area contributed by atoms with Crippen molar-refractivity contribution in [2.75, 3.05) is 5.73 Å². The first-order valence-corrected chi connectivity index (χ1v) is 7.33. The molecule has 0 fully saturated rings. The Morgan fingerprint density at radius 2 is 1.90 bits per heavy atom. The topological polar surface area (TPSA) is 46.3 Å². The monoisotopic (exact) mass is 350 g/mol. The zero-order valence-electron chi connectivity index (χ0n) is 10.6. The van der Waals surface area contributed by atoms with E-state index in [9.17, 15) is 4.79 Å². The largest absolute Gasteiger partial charge is 0.399 e. The molecule has 20 heavy (non-hydrogen) atoms. The fraction of sp³-hybridized carbons (Fsp3) is 0.133. The second-order valence-electron chi connectivity index (χ2n) is 4.82. The first-order valence-electron chi connectivity index (χ1n) is 6.16. The van der Waals surface area contributed by atoms with Crippen LogP contribution in [0.4, 0.5) is 5.69 Å². The fourth-order valence-corrected chi connectivity index (χ4v) is 2.80. The molecule has 1 aliphatic rings. The van der Waals surface area contributed by atoms with Gasteiger partial charge in [-0.3, -0.25) is 4.79 Å². The number of rotatable bonds is 1. The summed E-state index contributed by atoms with van der Waals surface area (Å²) in [6.07, 6.45) is 0. The van der Waals surface area contributed by atoms with Gasteiger partial charge in [0.05, 0.1) is 5.02 Å². The summed E-state index contributed by atoms with van der Waals surface area (Å²) in [5.41, 5.74) is 9.36. The summed E-state index contributed by atoms with van der Waals surface area (Å²) in [6.45, 7) is 1.20. The van der Waals surface area contributed by atoms with Gasteiger partial charge in [0.2, 0.25) is 0 Å². The highest BCUT2D eigenvalue weighted by Crippen LogP contribution is 2.28. The van der Waals surface area contributed by atoms with Gasteiger partial charge in [-0.15, -0.1) is 0 Å². The van der Waals surface area contributed by atoms with E-state index >= 15 is 0 Å². The van der Waals surface area contributed by atoms with Crippen LogP contribution in [0.25, 0.3) is 0 Å². The number of carbonyl (C=O) groups is 1. The van der Waals surface area contributed by atoms with Crippen LogP contribution in [0.3, 0.4) is 0 Å². The van der Waals surface area contributed by atoms with Crippen molar-refractivity contribution in [2.45, 2.75) is 13.1 Å². The number of hydrogen-bond donors (Lipinski definition) is 1. The lowest BCUT2D eigenvalue weighted by atomic mass is 10.1. The molecule has 0 spiro atoms.